The van der Waals surface area contributed by atoms with Crippen molar-refractivity contribution >= 4 is 24.8 Å². The first-order valence-corrected chi connectivity index (χ1v) is 3.83. The molecule has 0 fully saturated rings. The summed E-state index contributed by atoms with van der Waals surface area (Å²) in [7, 11) is 5.48. The first-order valence-electron chi connectivity index (χ1n) is 3.83. The van der Waals surface area contributed by atoms with E-state index in [1.54, 1.807) is 25.1 Å². The van der Waals surface area contributed by atoms with E-state index in [1.165, 1.54) is 0 Å². The van der Waals surface area contributed by atoms with Gasteiger partial charge >= 0.3 is 0 Å². The molecule has 0 heterocycles. The van der Waals surface area contributed by atoms with Crippen molar-refractivity contribution in [2.24, 2.45) is 0 Å². The average Bonchev–Trinajstić information content (AvgIpc) is 2.03. The first kappa shape index (κ1) is 8.85. The zero-order chi connectivity index (χ0) is 9.14. The zero-order valence-electron chi connectivity index (χ0n) is 7.00. The molecule has 2 radical (unpaired) electrons. The number of Topliss-reactive ketones (excluding diaryl/α,β-unsaturated/α-hetero) is 1. The summed E-state index contributed by atoms with van der Waals surface area (Å²) in [5.41, 5.74) is 7.20. The predicted octanol–water partition coefficient (Wildman–Crippen LogP) is 0.655. The Kier molecular flexibility index (Phi) is 2.53. The number of rotatable bonds is 2. The van der Waals surface area contributed by atoms with Gasteiger partial charge in [0.05, 0.1) is 0 Å². The summed E-state index contributed by atoms with van der Waals surface area (Å²) in [6.07, 6.45) is 0.466. The minimum absolute atomic E-state index is 0.0486. The first-order chi connectivity index (χ1) is 5.65. The van der Waals surface area contributed by atoms with Crippen molar-refractivity contribution < 1.29 is 4.79 Å². The van der Waals surface area contributed by atoms with Crippen molar-refractivity contribution in [3.05, 3.63) is 23.8 Å². The van der Waals surface area contributed by atoms with E-state index in [1.807, 2.05) is 0 Å². The Morgan fingerprint density at radius 2 is 2.25 bits per heavy atom. The lowest BCUT2D eigenvalue weighted by molar-refractivity contribution is 0.0989. The highest BCUT2D eigenvalue weighted by molar-refractivity contribution is 6.32. The number of nitrogens with two attached hydrogens (primary N) is 1. The number of nitrogen functional groups attached to an aromatic ring is 1. The predicted molar refractivity (Wildman–Crippen MR) is 50.9 cm³/mol. The molecule has 0 aromatic heterocycles. The van der Waals surface area contributed by atoms with Gasteiger partial charge in [0.15, 0.2) is 5.78 Å². The van der Waals surface area contributed by atoms with Crippen LogP contribution in [0.4, 0.5) is 5.69 Å². The van der Waals surface area contributed by atoms with Crippen LogP contribution in [0.25, 0.3) is 0 Å². The Labute approximate surface area is 73.2 Å². The number of ketones is 1. The number of anilines is 1. The van der Waals surface area contributed by atoms with E-state index in [9.17, 15) is 4.79 Å². The molecule has 2 nitrogen and oxygen atoms in total. The van der Waals surface area contributed by atoms with Crippen molar-refractivity contribution in [1.82, 2.24) is 0 Å². The molecule has 0 spiro atoms. The van der Waals surface area contributed by atoms with Crippen molar-refractivity contribution in [2.45, 2.75) is 13.3 Å². The van der Waals surface area contributed by atoms with Crippen LogP contribution in [0.2, 0.25) is 0 Å². The average molecular weight is 159 g/mol. The smallest absolute Gasteiger partial charge is 0.164 e. The Balaban J connectivity index is 3.09. The lowest BCUT2D eigenvalue weighted by Crippen LogP contribution is -2.08. The van der Waals surface area contributed by atoms with Gasteiger partial charge < -0.3 is 5.73 Å². The van der Waals surface area contributed by atoms with Gasteiger partial charge in [-0.15, -0.1) is 0 Å². The third-order valence-corrected chi connectivity index (χ3v) is 1.70. The van der Waals surface area contributed by atoms with Crippen LogP contribution in [0.5, 0.6) is 0 Å². The molecule has 1 rings (SSSR count). The van der Waals surface area contributed by atoms with Gasteiger partial charge in [0.25, 0.3) is 0 Å². The van der Waals surface area contributed by atoms with E-state index in [0.29, 0.717) is 23.1 Å². The molecule has 60 valence electrons. The fourth-order valence-corrected chi connectivity index (χ4v) is 1.03. The van der Waals surface area contributed by atoms with E-state index in [2.05, 4.69) is 0 Å². The Morgan fingerprint density at radius 1 is 1.58 bits per heavy atom. The molecule has 0 amide bonds. The summed E-state index contributed by atoms with van der Waals surface area (Å²) in [5, 5.41) is 0. The lowest BCUT2D eigenvalue weighted by Gasteiger charge is -2.03. The van der Waals surface area contributed by atoms with E-state index in [0.717, 1.165) is 0 Å². The van der Waals surface area contributed by atoms with Gasteiger partial charge in [0.2, 0.25) is 0 Å². The monoisotopic (exact) mass is 159 g/mol. The molecule has 0 unspecified atom stereocenters. The van der Waals surface area contributed by atoms with Crippen LogP contribution in [0, 0.1) is 0 Å². The second-order valence-electron chi connectivity index (χ2n) is 2.62. The molecular formula is C9H10BNO. The van der Waals surface area contributed by atoms with Gasteiger partial charge in [-0.05, 0) is 12.1 Å². The van der Waals surface area contributed by atoms with Gasteiger partial charge in [-0.3, -0.25) is 4.79 Å². The largest absolute Gasteiger partial charge is 0.398 e. The summed E-state index contributed by atoms with van der Waals surface area (Å²) in [6, 6.07) is 4.94. The van der Waals surface area contributed by atoms with E-state index >= 15 is 0 Å². The number of carbonyl (C=O) groups excluding carboxylic acids is 1. The van der Waals surface area contributed by atoms with Crippen LogP contribution in [-0.4, -0.2) is 13.6 Å². The molecule has 0 aliphatic heterocycles. The number of hydrogen-bond donors (Lipinski definition) is 1. The number of hydrogen-bond acceptors (Lipinski definition) is 2. The van der Waals surface area contributed by atoms with Gasteiger partial charge in [-0.2, -0.15) is 0 Å². The summed E-state index contributed by atoms with van der Waals surface area (Å²) >= 11 is 0. The highest BCUT2D eigenvalue weighted by Crippen LogP contribution is 2.10. The van der Waals surface area contributed by atoms with E-state index in [-0.39, 0.29) is 5.78 Å². The highest BCUT2D eigenvalue weighted by atomic mass is 16.1. The fraction of sp³-hybridized carbons (Fsp3) is 0.222. The summed E-state index contributed by atoms with van der Waals surface area (Å²) in [5.74, 6) is 0.0486. The Bertz CT molecular complexity index is 309. The molecule has 1 aromatic carbocycles. The topological polar surface area (TPSA) is 43.1 Å². The maximum atomic E-state index is 11.2. The second kappa shape index (κ2) is 3.43. The van der Waals surface area contributed by atoms with E-state index in [4.69, 9.17) is 13.6 Å². The maximum absolute atomic E-state index is 11.2. The lowest BCUT2D eigenvalue weighted by atomic mass is 9.93. The third kappa shape index (κ3) is 1.67. The van der Waals surface area contributed by atoms with Crippen molar-refractivity contribution in [2.75, 3.05) is 5.73 Å². The molecule has 12 heavy (non-hydrogen) atoms. The van der Waals surface area contributed by atoms with Gasteiger partial charge in [0, 0.05) is 17.7 Å². The minimum atomic E-state index is 0.0486. The Morgan fingerprint density at radius 3 is 2.75 bits per heavy atom. The van der Waals surface area contributed by atoms with Crippen LogP contribution in [0.3, 0.4) is 0 Å². The van der Waals surface area contributed by atoms with Gasteiger partial charge in [-0.1, -0.05) is 18.5 Å². The molecule has 0 saturated heterocycles. The molecule has 0 saturated carbocycles. The summed E-state index contributed by atoms with van der Waals surface area (Å²) in [4.78, 5) is 11.2. The normalized spacial score (nSPS) is 9.75. The fourth-order valence-electron chi connectivity index (χ4n) is 1.03. The molecule has 0 aliphatic carbocycles. The second-order valence-corrected chi connectivity index (χ2v) is 2.62. The van der Waals surface area contributed by atoms with Crippen LogP contribution in [0.1, 0.15) is 23.7 Å². The molecule has 1 aromatic rings. The van der Waals surface area contributed by atoms with Crippen molar-refractivity contribution in [3.8, 4) is 0 Å². The third-order valence-electron chi connectivity index (χ3n) is 1.70. The number of benzene rings is 1. The summed E-state index contributed by atoms with van der Waals surface area (Å²) in [6.45, 7) is 1.80. The quantitative estimate of drug-likeness (QED) is 0.391. The highest BCUT2D eigenvalue weighted by Gasteiger charge is 2.05. The number of carbonyl (C=O) groups is 1. The van der Waals surface area contributed by atoms with Crippen LogP contribution in [-0.2, 0) is 0 Å². The minimum Gasteiger partial charge on any atom is -0.398 e. The Hall–Kier alpha value is -1.25. The van der Waals surface area contributed by atoms with Gasteiger partial charge in [-0.25, -0.2) is 0 Å². The molecular weight excluding hydrogens is 149 g/mol. The van der Waals surface area contributed by atoms with Crippen LogP contribution < -0.4 is 11.2 Å². The van der Waals surface area contributed by atoms with E-state index < -0.39 is 0 Å². The molecule has 0 aliphatic rings. The van der Waals surface area contributed by atoms with Crippen LogP contribution >= 0.6 is 0 Å². The molecule has 3 heteroatoms. The molecule has 2 N–H and O–H groups in total. The summed E-state index contributed by atoms with van der Waals surface area (Å²) < 4.78 is 0. The zero-order valence-corrected chi connectivity index (χ0v) is 7.00. The SMILES string of the molecule is [B]c1ccc(C(=O)CC)c(N)c1. The van der Waals surface area contributed by atoms with Gasteiger partial charge in [0.1, 0.15) is 7.85 Å². The van der Waals surface area contributed by atoms with Crippen molar-refractivity contribution in [3.63, 3.8) is 0 Å². The molecule has 0 bridgehead atoms. The molecule has 0 atom stereocenters. The van der Waals surface area contributed by atoms with Crippen LogP contribution in [0.15, 0.2) is 18.2 Å². The standard InChI is InChI=1S/C9H10BNO/c1-2-9(12)7-4-3-6(10)5-8(7)11/h3-5H,2,11H2,1H3. The van der Waals surface area contributed by atoms with Crippen molar-refractivity contribution in [1.29, 1.82) is 0 Å². The maximum Gasteiger partial charge on any atom is 0.164 e.